The Bertz CT molecular complexity index is 527. The molecule has 22 heavy (non-hydrogen) atoms. The van der Waals surface area contributed by atoms with Crippen LogP contribution in [0, 0.1) is 11.8 Å². The summed E-state index contributed by atoms with van der Waals surface area (Å²) in [5.41, 5.74) is 0. The number of rotatable bonds is 2. The minimum Gasteiger partial charge on any atom is -0.360 e. The highest BCUT2D eigenvalue weighted by atomic mass is 32.1. The van der Waals surface area contributed by atoms with Gasteiger partial charge in [-0.1, -0.05) is 12.5 Å². The monoisotopic (exact) mass is 317 g/mol. The van der Waals surface area contributed by atoms with E-state index in [0.29, 0.717) is 6.04 Å². The van der Waals surface area contributed by atoms with Crippen molar-refractivity contribution in [2.24, 2.45) is 11.8 Å². The van der Waals surface area contributed by atoms with E-state index in [9.17, 15) is 0 Å². The molecule has 0 radical (unpaired) electrons. The van der Waals surface area contributed by atoms with Crippen molar-refractivity contribution >= 4 is 23.1 Å². The Labute approximate surface area is 137 Å². The van der Waals surface area contributed by atoms with E-state index in [1.807, 2.05) is 12.3 Å². The molecule has 2 bridgehead atoms. The molecule has 3 fully saturated rings. The molecule has 3 aliphatic rings. The van der Waals surface area contributed by atoms with Crippen molar-refractivity contribution < 1.29 is 4.98 Å². The van der Waals surface area contributed by atoms with Gasteiger partial charge in [-0.15, -0.1) is 0 Å². The number of hydrogen-bond acceptors (Lipinski definition) is 2. The van der Waals surface area contributed by atoms with Gasteiger partial charge in [-0.2, -0.15) is 0 Å². The SMILES string of the molecule is S=C(N[C@@H]1C[C@H]2CC[C@@H]1C2)N1CCN(c2cccc[nH+]2)CC1. The smallest absolute Gasteiger partial charge is 0.274 e. The van der Waals surface area contributed by atoms with Crippen LogP contribution in [0.1, 0.15) is 25.7 Å². The molecule has 0 aromatic carbocycles. The van der Waals surface area contributed by atoms with Gasteiger partial charge in [0.1, 0.15) is 13.1 Å². The first-order valence-corrected chi connectivity index (χ1v) is 8.97. The van der Waals surface area contributed by atoms with Gasteiger partial charge in [0, 0.05) is 12.1 Å². The predicted molar refractivity (Wildman–Crippen MR) is 91.8 cm³/mol. The summed E-state index contributed by atoms with van der Waals surface area (Å²) in [5.74, 6) is 3.05. The average molecular weight is 317 g/mol. The maximum Gasteiger partial charge on any atom is 0.274 e. The Kier molecular flexibility index (Phi) is 3.90. The van der Waals surface area contributed by atoms with Gasteiger partial charge in [-0.25, -0.2) is 4.98 Å². The fourth-order valence-corrected chi connectivity index (χ4v) is 4.74. The van der Waals surface area contributed by atoms with Gasteiger partial charge in [0.15, 0.2) is 5.11 Å². The molecule has 2 N–H and O–H groups in total. The predicted octanol–water partition coefficient (Wildman–Crippen LogP) is 1.69. The Morgan fingerprint density at radius 2 is 2.00 bits per heavy atom. The molecular weight excluding hydrogens is 292 g/mol. The van der Waals surface area contributed by atoms with Crippen LogP contribution in [-0.4, -0.2) is 42.2 Å². The maximum absolute atomic E-state index is 5.67. The highest BCUT2D eigenvalue weighted by molar-refractivity contribution is 7.80. The largest absolute Gasteiger partial charge is 0.360 e. The Morgan fingerprint density at radius 1 is 1.14 bits per heavy atom. The van der Waals surface area contributed by atoms with Crippen molar-refractivity contribution in [2.45, 2.75) is 31.7 Å². The second-order valence-electron chi connectivity index (χ2n) is 6.95. The van der Waals surface area contributed by atoms with Crippen molar-refractivity contribution in [3.8, 4) is 0 Å². The van der Waals surface area contributed by atoms with Gasteiger partial charge in [-0.05, 0) is 49.4 Å². The molecule has 1 aromatic rings. The molecule has 2 aliphatic carbocycles. The lowest BCUT2D eigenvalue weighted by Gasteiger charge is -2.35. The van der Waals surface area contributed by atoms with E-state index in [-0.39, 0.29) is 0 Å². The number of aromatic amines is 1. The third-order valence-electron chi connectivity index (χ3n) is 5.65. The van der Waals surface area contributed by atoms with E-state index < -0.39 is 0 Å². The van der Waals surface area contributed by atoms with Crippen LogP contribution in [0.3, 0.4) is 0 Å². The number of hydrogen-bond donors (Lipinski definition) is 1. The molecule has 0 amide bonds. The number of aromatic nitrogens is 1. The Balaban J connectivity index is 1.29. The summed E-state index contributed by atoms with van der Waals surface area (Å²) >= 11 is 5.67. The average Bonchev–Trinajstić information content (AvgIpc) is 3.19. The number of piperazine rings is 1. The van der Waals surface area contributed by atoms with Crippen LogP contribution in [0.25, 0.3) is 0 Å². The number of nitrogens with zero attached hydrogens (tertiary/aromatic N) is 2. The van der Waals surface area contributed by atoms with Crippen molar-refractivity contribution in [1.29, 1.82) is 0 Å². The quantitative estimate of drug-likeness (QED) is 0.842. The van der Waals surface area contributed by atoms with E-state index in [4.69, 9.17) is 12.2 Å². The lowest BCUT2D eigenvalue weighted by molar-refractivity contribution is -0.364. The normalized spacial score (nSPS) is 30.6. The summed E-state index contributed by atoms with van der Waals surface area (Å²) in [6.07, 6.45) is 7.61. The fraction of sp³-hybridized carbons (Fsp3) is 0.647. The zero-order valence-corrected chi connectivity index (χ0v) is 13.8. The summed E-state index contributed by atoms with van der Waals surface area (Å²) in [7, 11) is 0. The standard InChI is InChI=1S/C17H24N4S/c22-17(19-15-12-13-4-5-14(15)11-13)21-9-7-20(8-10-21)16-3-1-2-6-18-16/h1-3,6,13-15H,4-5,7-12H2,(H,19,22)/p+1/t13-,14+,15+/m0/s1. The molecule has 0 unspecified atom stereocenters. The van der Waals surface area contributed by atoms with E-state index in [1.54, 1.807) is 0 Å². The second-order valence-corrected chi connectivity index (χ2v) is 7.34. The molecule has 0 spiro atoms. The van der Waals surface area contributed by atoms with Gasteiger partial charge in [0.2, 0.25) is 0 Å². The summed E-state index contributed by atoms with van der Waals surface area (Å²) < 4.78 is 0. The van der Waals surface area contributed by atoms with E-state index >= 15 is 0 Å². The van der Waals surface area contributed by atoms with Crippen molar-refractivity contribution in [3.63, 3.8) is 0 Å². The molecule has 1 aliphatic heterocycles. The number of pyridine rings is 1. The Hall–Kier alpha value is -1.36. The number of nitrogens with one attached hydrogen (secondary N) is 2. The highest BCUT2D eigenvalue weighted by Crippen LogP contribution is 2.44. The van der Waals surface area contributed by atoms with Crippen LogP contribution < -0.4 is 15.2 Å². The minimum absolute atomic E-state index is 0.645. The fourth-order valence-electron chi connectivity index (χ4n) is 4.40. The van der Waals surface area contributed by atoms with Crippen molar-refractivity contribution in [1.82, 2.24) is 10.2 Å². The van der Waals surface area contributed by atoms with Gasteiger partial charge in [-0.3, -0.25) is 4.90 Å². The van der Waals surface area contributed by atoms with Gasteiger partial charge in [0.25, 0.3) is 5.82 Å². The number of fused-ring (bicyclic) bond motifs is 2. The Morgan fingerprint density at radius 3 is 2.64 bits per heavy atom. The molecule has 4 nitrogen and oxygen atoms in total. The zero-order chi connectivity index (χ0) is 14.9. The van der Waals surface area contributed by atoms with Crippen molar-refractivity contribution in [3.05, 3.63) is 24.4 Å². The van der Waals surface area contributed by atoms with E-state index in [2.05, 4.69) is 32.2 Å². The van der Waals surface area contributed by atoms with Crippen LogP contribution in [0.5, 0.6) is 0 Å². The molecule has 118 valence electrons. The molecule has 1 aromatic heterocycles. The molecule has 2 heterocycles. The first kappa shape index (κ1) is 14.2. The number of thiocarbonyl (C=S) groups is 1. The zero-order valence-electron chi connectivity index (χ0n) is 13.0. The molecule has 5 heteroatoms. The lowest BCUT2D eigenvalue weighted by Crippen LogP contribution is -2.54. The molecule has 1 saturated heterocycles. The van der Waals surface area contributed by atoms with Gasteiger partial charge in [0.05, 0.1) is 19.3 Å². The summed E-state index contributed by atoms with van der Waals surface area (Å²) in [6.45, 7) is 4.07. The van der Waals surface area contributed by atoms with Crippen LogP contribution >= 0.6 is 12.2 Å². The summed E-state index contributed by atoms with van der Waals surface area (Å²) in [4.78, 5) is 8.07. The van der Waals surface area contributed by atoms with Crippen LogP contribution in [-0.2, 0) is 0 Å². The summed E-state index contributed by atoms with van der Waals surface area (Å²) in [5, 5.41) is 4.65. The second kappa shape index (κ2) is 6.03. The van der Waals surface area contributed by atoms with Crippen LogP contribution in [0.15, 0.2) is 24.4 Å². The summed E-state index contributed by atoms with van der Waals surface area (Å²) in [6, 6.07) is 6.89. The van der Waals surface area contributed by atoms with E-state index in [1.165, 1.54) is 31.5 Å². The lowest BCUT2D eigenvalue weighted by atomic mass is 9.95. The topological polar surface area (TPSA) is 32.6 Å². The maximum atomic E-state index is 5.67. The van der Waals surface area contributed by atoms with Gasteiger partial charge < -0.3 is 10.2 Å². The number of anilines is 1. The molecule has 2 saturated carbocycles. The minimum atomic E-state index is 0.645. The third-order valence-corrected chi connectivity index (χ3v) is 6.02. The highest BCUT2D eigenvalue weighted by Gasteiger charge is 2.40. The van der Waals surface area contributed by atoms with Crippen LogP contribution in [0.2, 0.25) is 0 Å². The van der Waals surface area contributed by atoms with Crippen molar-refractivity contribution in [2.75, 3.05) is 31.1 Å². The first-order valence-electron chi connectivity index (χ1n) is 8.57. The molecule has 3 atom stereocenters. The molecule has 4 rings (SSSR count). The third kappa shape index (κ3) is 2.78. The van der Waals surface area contributed by atoms with E-state index in [0.717, 1.165) is 43.1 Å². The first-order chi connectivity index (χ1) is 10.8. The van der Waals surface area contributed by atoms with Crippen LogP contribution in [0.4, 0.5) is 5.82 Å². The number of H-pyrrole nitrogens is 1. The molecular formula is C17H25N4S+. The van der Waals surface area contributed by atoms with Gasteiger partial charge >= 0.3 is 0 Å².